The minimum absolute atomic E-state index is 0.226. The topological polar surface area (TPSA) is 61.4 Å². The molecule has 0 spiro atoms. The molecule has 24 heavy (non-hydrogen) atoms. The van der Waals surface area contributed by atoms with Crippen LogP contribution >= 0.6 is 11.6 Å². The number of benzene rings is 2. The van der Waals surface area contributed by atoms with Crippen LogP contribution in [0, 0.1) is 5.82 Å². The summed E-state index contributed by atoms with van der Waals surface area (Å²) in [5, 5.41) is 5.67. The summed E-state index contributed by atoms with van der Waals surface area (Å²) in [5.74, 6) is -0.588. The summed E-state index contributed by atoms with van der Waals surface area (Å²) in [5.41, 5.74) is 1.08. The van der Waals surface area contributed by atoms with E-state index < -0.39 is 12.1 Å². The van der Waals surface area contributed by atoms with E-state index >= 15 is 0 Å². The Bertz CT molecular complexity index is 767. The molecule has 3 amide bonds. The number of hydrogen-bond acceptors (Lipinski definition) is 2. The number of nitrogens with zero attached hydrogens (tertiary/aromatic N) is 1. The lowest BCUT2D eigenvalue weighted by atomic mass is 10.2. The van der Waals surface area contributed by atoms with Crippen molar-refractivity contribution in [3.05, 3.63) is 59.4 Å². The van der Waals surface area contributed by atoms with Gasteiger partial charge in [-0.25, -0.2) is 9.18 Å². The molecule has 2 N–H and O–H groups in total. The number of nitrogens with one attached hydrogen (secondary N) is 2. The number of para-hydroxylation sites is 1. The summed E-state index contributed by atoms with van der Waals surface area (Å²) in [4.78, 5) is 26.0. The molecule has 0 bridgehead atoms. The molecule has 1 aliphatic heterocycles. The highest BCUT2D eigenvalue weighted by atomic mass is 35.5. The van der Waals surface area contributed by atoms with Crippen LogP contribution in [0.5, 0.6) is 0 Å². The van der Waals surface area contributed by atoms with Gasteiger partial charge in [0, 0.05) is 12.2 Å². The molecule has 0 radical (unpaired) electrons. The maximum Gasteiger partial charge on any atom is 0.319 e. The van der Waals surface area contributed by atoms with E-state index in [1.807, 2.05) is 0 Å². The fraction of sp³-hybridized carbons (Fsp3) is 0.176. The first-order valence-corrected chi connectivity index (χ1v) is 7.81. The molecular formula is C17H15ClFN3O2. The Balaban J connectivity index is 1.62. The van der Waals surface area contributed by atoms with Crippen molar-refractivity contribution < 1.29 is 14.0 Å². The minimum atomic E-state index is -0.627. The van der Waals surface area contributed by atoms with Crippen LogP contribution in [-0.4, -0.2) is 24.5 Å². The van der Waals surface area contributed by atoms with Gasteiger partial charge in [-0.15, -0.1) is 0 Å². The minimum Gasteiger partial charge on any atom is -0.326 e. The fourth-order valence-electron chi connectivity index (χ4n) is 2.57. The summed E-state index contributed by atoms with van der Waals surface area (Å²) in [6, 6.07) is 11.4. The third-order valence-electron chi connectivity index (χ3n) is 3.77. The molecule has 0 aromatic heterocycles. The summed E-state index contributed by atoms with van der Waals surface area (Å²) >= 11 is 5.98. The molecule has 1 atom stereocenters. The molecule has 3 rings (SSSR count). The number of urea groups is 1. The quantitative estimate of drug-likeness (QED) is 0.893. The van der Waals surface area contributed by atoms with E-state index in [-0.39, 0.29) is 11.7 Å². The van der Waals surface area contributed by atoms with E-state index in [4.69, 9.17) is 11.6 Å². The van der Waals surface area contributed by atoms with Gasteiger partial charge in [-0.3, -0.25) is 4.79 Å². The molecule has 1 saturated heterocycles. The standard InChI is InChI=1S/C17H15ClFN3O2/c18-13-3-1-2-4-14(13)20-17(24)21-15-9-10-22(16(15)23)12-7-5-11(19)6-8-12/h1-8,15H,9-10H2,(H2,20,21,24). The van der Waals surface area contributed by atoms with Crippen molar-refractivity contribution in [2.45, 2.75) is 12.5 Å². The molecular weight excluding hydrogens is 333 g/mol. The van der Waals surface area contributed by atoms with E-state index in [1.54, 1.807) is 36.4 Å². The summed E-state index contributed by atoms with van der Waals surface area (Å²) in [6.07, 6.45) is 0.478. The highest BCUT2D eigenvalue weighted by molar-refractivity contribution is 6.33. The van der Waals surface area contributed by atoms with Crippen molar-refractivity contribution in [3.63, 3.8) is 0 Å². The molecule has 1 heterocycles. The van der Waals surface area contributed by atoms with Gasteiger partial charge in [0.15, 0.2) is 0 Å². The predicted octanol–water partition coefficient (Wildman–Crippen LogP) is 3.41. The van der Waals surface area contributed by atoms with Crippen molar-refractivity contribution in [2.75, 3.05) is 16.8 Å². The van der Waals surface area contributed by atoms with E-state index in [0.717, 1.165) is 0 Å². The van der Waals surface area contributed by atoms with Gasteiger partial charge in [0.05, 0.1) is 10.7 Å². The fourth-order valence-corrected chi connectivity index (χ4v) is 2.75. The highest BCUT2D eigenvalue weighted by Crippen LogP contribution is 2.23. The lowest BCUT2D eigenvalue weighted by molar-refractivity contribution is -0.118. The number of anilines is 2. The zero-order chi connectivity index (χ0) is 17.1. The van der Waals surface area contributed by atoms with Crippen molar-refractivity contribution in [1.29, 1.82) is 0 Å². The first-order chi connectivity index (χ1) is 11.5. The van der Waals surface area contributed by atoms with Crippen molar-refractivity contribution in [3.8, 4) is 0 Å². The van der Waals surface area contributed by atoms with Crippen LogP contribution in [0.15, 0.2) is 48.5 Å². The maximum atomic E-state index is 13.0. The number of rotatable bonds is 3. The van der Waals surface area contributed by atoms with E-state index in [1.165, 1.54) is 17.0 Å². The summed E-state index contributed by atoms with van der Waals surface area (Å²) < 4.78 is 13.0. The Morgan fingerprint density at radius 3 is 2.58 bits per heavy atom. The van der Waals surface area contributed by atoms with Crippen LogP contribution in [0.2, 0.25) is 5.02 Å². The van der Waals surface area contributed by atoms with Crippen LogP contribution in [0.3, 0.4) is 0 Å². The van der Waals surface area contributed by atoms with Crippen LogP contribution in [0.25, 0.3) is 0 Å². The second kappa shape index (κ2) is 6.88. The molecule has 1 fully saturated rings. The zero-order valence-corrected chi connectivity index (χ0v) is 13.4. The summed E-state index contributed by atoms with van der Waals surface area (Å²) in [6.45, 7) is 0.460. The predicted molar refractivity (Wildman–Crippen MR) is 90.8 cm³/mol. The highest BCUT2D eigenvalue weighted by Gasteiger charge is 2.33. The normalized spacial score (nSPS) is 17.0. The molecule has 0 aliphatic carbocycles. The van der Waals surface area contributed by atoms with Gasteiger partial charge in [-0.1, -0.05) is 23.7 Å². The van der Waals surface area contributed by atoms with Gasteiger partial charge in [-0.2, -0.15) is 0 Å². The van der Waals surface area contributed by atoms with Crippen LogP contribution in [0.4, 0.5) is 20.6 Å². The Labute approximate surface area is 143 Å². The van der Waals surface area contributed by atoms with Gasteiger partial charge in [0.2, 0.25) is 5.91 Å². The van der Waals surface area contributed by atoms with Gasteiger partial charge in [0.25, 0.3) is 0 Å². The largest absolute Gasteiger partial charge is 0.326 e. The van der Waals surface area contributed by atoms with Gasteiger partial charge >= 0.3 is 6.03 Å². The third-order valence-corrected chi connectivity index (χ3v) is 4.10. The molecule has 5 nitrogen and oxygen atoms in total. The Morgan fingerprint density at radius 2 is 1.88 bits per heavy atom. The van der Waals surface area contributed by atoms with Gasteiger partial charge in [-0.05, 0) is 42.8 Å². The lowest BCUT2D eigenvalue weighted by Crippen LogP contribution is -2.43. The van der Waals surface area contributed by atoms with Crippen molar-refractivity contribution >= 4 is 34.9 Å². The van der Waals surface area contributed by atoms with Gasteiger partial charge < -0.3 is 15.5 Å². The second-order valence-electron chi connectivity index (χ2n) is 5.39. The van der Waals surface area contributed by atoms with Crippen LogP contribution < -0.4 is 15.5 Å². The van der Waals surface area contributed by atoms with E-state index in [2.05, 4.69) is 10.6 Å². The number of hydrogen-bond donors (Lipinski definition) is 2. The molecule has 7 heteroatoms. The number of halogens is 2. The lowest BCUT2D eigenvalue weighted by Gasteiger charge is -2.17. The van der Waals surface area contributed by atoms with Gasteiger partial charge in [0.1, 0.15) is 11.9 Å². The van der Waals surface area contributed by atoms with Crippen LogP contribution in [-0.2, 0) is 4.79 Å². The molecule has 2 aromatic rings. The molecule has 1 aliphatic rings. The Kier molecular flexibility index (Phi) is 4.66. The average Bonchev–Trinajstić information content (AvgIpc) is 2.91. The number of amides is 3. The molecule has 124 valence electrons. The number of carbonyl (C=O) groups is 2. The third kappa shape index (κ3) is 3.49. The Morgan fingerprint density at radius 1 is 1.17 bits per heavy atom. The molecule has 0 saturated carbocycles. The summed E-state index contributed by atoms with van der Waals surface area (Å²) in [7, 11) is 0. The Hall–Kier alpha value is -2.60. The van der Waals surface area contributed by atoms with Crippen LogP contribution in [0.1, 0.15) is 6.42 Å². The first-order valence-electron chi connectivity index (χ1n) is 7.43. The maximum absolute atomic E-state index is 13.0. The zero-order valence-electron chi connectivity index (χ0n) is 12.6. The molecule has 1 unspecified atom stereocenters. The van der Waals surface area contributed by atoms with Crippen molar-refractivity contribution in [2.24, 2.45) is 0 Å². The van der Waals surface area contributed by atoms with E-state index in [9.17, 15) is 14.0 Å². The second-order valence-corrected chi connectivity index (χ2v) is 5.79. The average molecular weight is 348 g/mol. The van der Waals surface area contributed by atoms with Crippen molar-refractivity contribution in [1.82, 2.24) is 5.32 Å². The SMILES string of the molecule is O=C(Nc1ccccc1Cl)NC1CCN(c2ccc(F)cc2)C1=O. The first kappa shape index (κ1) is 16.3. The smallest absolute Gasteiger partial charge is 0.319 e. The number of carbonyl (C=O) groups excluding carboxylic acids is 2. The van der Waals surface area contributed by atoms with E-state index in [0.29, 0.717) is 29.4 Å². The molecule has 2 aromatic carbocycles. The monoisotopic (exact) mass is 347 g/mol.